The molecule has 2 rings (SSSR count). The van der Waals surface area contributed by atoms with Crippen LogP contribution in [0.1, 0.15) is 13.8 Å². The Labute approximate surface area is 379 Å². The Morgan fingerprint density at radius 3 is 1.05 bits per heavy atom. The Morgan fingerprint density at radius 2 is 0.836 bits per heavy atom. The predicted molar refractivity (Wildman–Crippen MR) is 209 cm³/mol. The van der Waals surface area contributed by atoms with E-state index in [0.717, 1.165) is 56.9 Å². The van der Waals surface area contributed by atoms with E-state index in [2.05, 4.69) is 77.0 Å². The van der Waals surface area contributed by atoms with Gasteiger partial charge in [-0.2, -0.15) is 9.53 Å². The average molecular weight is 1100 g/mol. The number of aliphatic hydroxyl groups is 1. The summed E-state index contributed by atoms with van der Waals surface area (Å²) in [5, 5.41) is 59.2. The van der Waals surface area contributed by atoms with Crippen LogP contribution >= 0.6 is 31.0 Å². The number of aromatic nitrogens is 2. The van der Waals surface area contributed by atoms with Crippen LogP contribution in [-0.2, 0) is 54.5 Å². The van der Waals surface area contributed by atoms with Crippen LogP contribution < -0.4 is 41.7 Å². The van der Waals surface area contributed by atoms with Gasteiger partial charge in [0.25, 0.3) is 0 Å². The molecule has 348 valence electrons. The summed E-state index contributed by atoms with van der Waals surface area (Å²) in [6.45, 7) is 3.44. The number of hydrogen-bond acceptors (Lipinski definition) is 22. The maximum atomic E-state index is 11.8. The summed E-state index contributed by atoms with van der Waals surface area (Å²) in [4.78, 5) is 39.6. The predicted octanol–water partition coefficient (Wildman–Crippen LogP) is 2.41. The number of nitrogens with one attached hydrogen (secondary N) is 6. The van der Waals surface area contributed by atoms with E-state index in [4.69, 9.17) is 20.4 Å². The van der Waals surface area contributed by atoms with E-state index in [1.54, 1.807) is 13.8 Å². The van der Waals surface area contributed by atoms with Crippen molar-refractivity contribution in [3.63, 3.8) is 0 Å². The normalized spacial score (nSPS) is 11.7. The molecule has 7 N–H and O–H groups in total. The third-order valence-corrected chi connectivity index (χ3v) is 10.8. The Hall–Kier alpha value is -3.57. The molecule has 0 aliphatic rings. The summed E-state index contributed by atoms with van der Waals surface area (Å²) in [5.74, 6) is -0.0320. The summed E-state index contributed by atoms with van der Waals surface area (Å²) in [6, 6.07) is 4.57. The van der Waals surface area contributed by atoms with Gasteiger partial charge in [0.2, 0.25) is 0 Å². The molecule has 0 bridgehead atoms. The van der Waals surface area contributed by atoms with E-state index in [0.29, 0.717) is 0 Å². The average Bonchev–Trinajstić information content (AvgIpc) is 3.17. The van der Waals surface area contributed by atoms with Crippen molar-refractivity contribution in [3.8, 4) is 0 Å². The van der Waals surface area contributed by atoms with Gasteiger partial charge in [0.1, 0.15) is 23.3 Å². The molecule has 0 fully saturated rings. The topological polar surface area (TPSA) is 431 Å². The Bertz CT molecular complexity index is 1770. The van der Waals surface area contributed by atoms with Gasteiger partial charge in [-0.1, -0.05) is 12.1 Å². The number of amides is 4. The molecular formula is C25H44N11O20P4Tb. The number of carbonyl (C=O) groups is 2. The third kappa shape index (κ3) is 28.6. The fraction of sp³-hybridized carbons (Fsp3) is 0.440. The molecule has 31 nitrogen and oxygen atoms in total. The number of carbonyl (C=O) groups excluding carboxylic acids is 2. The van der Waals surface area contributed by atoms with Crippen LogP contribution in [0.5, 0.6) is 0 Å². The zero-order chi connectivity index (χ0) is 46.7. The first-order valence-electron chi connectivity index (χ1n) is 15.4. The minimum atomic E-state index is -3.89. The summed E-state index contributed by atoms with van der Waals surface area (Å²) in [7, 11) is -6.66. The molecule has 61 heavy (non-hydrogen) atoms. The van der Waals surface area contributed by atoms with E-state index < -0.39 is 60.2 Å². The molecule has 4 amide bonds. The van der Waals surface area contributed by atoms with E-state index in [9.17, 15) is 38.1 Å². The van der Waals surface area contributed by atoms with Gasteiger partial charge in [-0.05, 0) is 38.1 Å². The molecule has 0 saturated heterocycles. The van der Waals surface area contributed by atoms with Crippen molar-refractivity contribution in [2.45, 2.75) is 20.0 Å². The first-order chi connectivity index (χ1) is 27.8. The van der Waals surface area contributed by atoms with Crippen molar-refractivity contribution in [2.24, 2.45) is 9.53 Å². The van der Waals surface area contributed by atoms with E-state index in [-0.39, 0.29) is 68.0 Å². The van der Waals surface area contributed by atoms with Gasteiger partial charge in [0.15, 0.2) is 0 Å². The molecule has 2 aromatic heterocycles. The van der Waals surface area contributed by atoms with Crippen molar-refractivity contribution in [1.29, 1.82) is 0 Å². The van der Waals surface area contributed by atoms with Gasteiger partial charge >= 0.3 is 81.7 Å². The summed E-state index contributed by atoms with van der Waals surface area (Å²) in [6.07, 6.45) is -0.167. The second-order valence-electron chi connectivity index (χ2n) is 9.72. The van der Waals surface area contributed by atoms with Crippen LogP contribution in [0.4, 0.5) is 32.9 Å². The third-order valence-electron chi connectivity index (χ3n) is 5.24. The van der Waals surface area contributed by atoms with Crippen LogP contribution in [0.15, 0.2) is 45.9 Å². The number of urea groups is 2. The van der Waals surface area contributed by atoms with Crippen LogP contribution in [0.25, 0.3) is 0 Å². The minimum Gasteiger partial charge on any atom is -0.846 e. The SMILES string of the molecule is CC(C)O.COP(=O)(/N=C(\[O-])Nc1cccc(NC(=O)NP(=O)(OC)OC)n1)OC.COP(=O)(/N=C(\[O-])Nc1cccc(NC(=O)NP(=O)(OC)OC)n1)OC.O=[N+]([O-])[O-].[Tb+3]. The van der Waals surface area contributed by atoms with Crippen molar-refractivity contribution in [3.05, 3.63) is 51.7 Å². The first-order valence-corrected chi connectivity index (χ1v) is 21.5. The van der Waals surface area contributed by atoms with E-state index in [1.807, 2.05) is 10.2 Å². The van der Waals surface area contributed by atoms with Crippen molar-refractivity contribution >= 4 is 78.4 Å². The number of aliphatic hydroxyl groups excluding tert-OH is 1. The minimum absolute atomic E-state index is 0. The van der Waals surface area contributed by atoms with Crippen molar-refractivity contribution < 1.29 is 123 Å². The van der Waals surface area contributed by atoms with Gasteiger partial charge < -0.3 is 41.3 Å². The molecule has 2 aromatic rings. The zero-order valence-corrected chi connectivity index (χ0v) is 39.3. The summed E-state index contributed by atoms with van der Waals surface area (Å²) < 4.78 is 89.9. The maximum Gasteiger partial charge on any atom is 3.00 e. The standard InChI is InChI=1S/2C11H19N5O8P2.C3H8O.NO3.Tb/c2*1-21-25(19,22-2)15-10(17)13-8-6-5-7-9(12-8)14-11(18)16-26(20,23-3)24-4;1-3(2)4;2-1(3)4;/h2*5-7H,1-4H3,(H4,12,13,14,15,16,17,18,19,20);3-4H,1-2H3;;/q;;;-1;+3/p-2. The molecule has 2 heterocycles. The number of hydrogen-bond donors (Lipinski definition) is 7. The second-order valence-corrected chi connectivity index (χ2v) is 17.4. The van der Waals surface area contributed by atoms with Crippen molar-refractivity contribution in [1.82, 2.24) is 20.1 Å². The van der Waals surface area contributed by atoms with Crippen LogP contribution in [0.3, 0.4) is 0 Å². The molecule has 0 aliphatic heterocycles. The molecule has 0 aliphatic carbocycles. The zero-order valence-electron chi connectivity index (χ0n) is 33.6. The second kappa shape index (κ2) is 31.3. The fourth-order valence-electron chi connectivity index (χ4n) is 2.82. The van der Waals surface area contributed by atoms with Crippen molar-refractivity contribution in [2.75, 3.05) is 78.1 Å². The van der Waals surface area contributed by atoms with Gasteiger partial charge in [0.05, 0.1) is 17.1 Å². The van der Waals surface area contributed by atoms with Crippen LogP contribution in [-0.4, -0.2) is 107 Å². The van der Waals surface area contributed by atoms with Gasteiger partial charge in [0, 0.05) is 63.0 Å². The van der Waals surface area contributed by atoms with E-state index in [1.165, 1.54) is 36.4 Å². The van der Waals surface area contributed by atoms with E-state index >= 15 is 0 Å². The smallest absolute Gasteiger partial charge is 0.846 e. The number of pyridine rings is 2. The maximum absolute atomic E-state index is 11.8. The Morgan fingerprint density at radius 1 is 0.607 bits per heavy atom. The quantitative estimate of drug-likeness (QED) is 0.0417. The van der Waals surface area contributed by atoms with Gasteiger partial charge in [-0.15, -0.1) is 0 Å². The first kappa shape index (κ1) is 61.7. The Kier molecular flexibility index (Phi) is 31.7. The summed E-state index contributed by atoms with van der Waals surface area (Å²) in [5.41, 5.74) is 0. The molecule has 0 radical (unpaired) electrons. The van der Waals surface area contributed by atoms with Crippen LogP contribution in [0.2, 0.25) is 0 Å². The monoisotopic (exact) mass is 1100 g/mol. The fourth-order valence-corrected chi connectivity index (χ4v) is 5.26. The number of rotatable bonds is 16. The molecule has 0 atom stereocenters. The molecule has 0 saturated carbocycles. The number of nitrogens with zero attached hydrogens (tertiary/aromatic N) is 5. The van der Waals surface area contributed by atoms with Crippen LogP contribution in [0, 0.1) is 53.9 Å². The summed E-state index contributed by atoms with van der Waals surface area (Å²) >= 11 is 0. The molecule has 36 heteroatoms. The molecule has 0 aromatic carbocycles. The number of amidine groups is 2. The molecule has 0 spiro atoms. The number of anilines is 4. The molecule has 0 unspecified atom stereocenters. The van der Waals surface area contributed by atoms with Gasteiger partial charge in [-0.3, -0.25) is 46.8 Å². The Balaban J connectivity index is -0.000000923. The van der Waals surface area contributed by atoms with Gasteiger partial charge in [-0.25, -0.2) is 48.0 Å². The largest absolute Gasteiger partial charge is 3.00 e. The molecular weight excluding hydrogens is 1060 g/mol.